The molecule has 0 unspecified atom stereocenters. The molecule has 0 fully saturated rings. The Morgan fingerprint density at radius 3 is 3.06 bits per heavy atom. The van der Waals surface area contributed by atoms with Crippen molar-refractivity contribution in [2.45, 2.75) is 13.0 Å². The fourth-order valence-electron chi connectivity index (χ4n) is 2.10. The summed E-state index contributed by atoms with van der Waals surface area (Å²) in [6.07, 6.45) is 4.62. The van der Waals surface area contributed by atoms with Gasteiger partial charge in [0.1, 0.15) is 5.76 Å². The van der Waals surface area contributed by atoms with Gasteiger partial charge in [-0.2, -0.15) is 0 Å². The van der Waals surface area contributed by atoms with E-state index in [1.165, 1.54) is 16.5 Å². The molecule has 2 N–H and O–H groups in total. The van der Waals surface area contributed by atoms with Crippen LogP contribution in [-0.2, 0) is 13.0 Å². The zero-order valence-corrected chi connectivity index (χ0v) is 10.1. The van der Waals surface area contributed by atoms with Gasteiger partial charge >= 0.3 is 0 Å². The molecular formula is C15H16N2O. The Hall–Kier alpha value is -2.00. The SMILES string of the molecule is c1coc(CCNCc2ccc3cc[nH]c3c2)c1. The zero-order valence-electron chi connectivity index (χ0n) is 10.1. The second-order valence-electron chi connectivity index (χ2n) is 4.41. The number of nitrogens with one attached hydrogen (secondary N) is 2. The highest BCUT2D eigenvalue weighted by molar-refractivity contribution is 5.79. The molecule has 2 heterocycles. The number of hydrogen-bond acceptors (Lipinski definition) is 2. The van der Waals surface area contributed by atoms with Gasteiger partial charge in [-0.1, -0.05) is 12.1 Å². The molecule has 0 aliphatic rings. The van der Waals surface area contributed by atoms with E-state index < -0.39 is 0 Å². The minimum Gasteiger partial charge on any atom is -0.469 e. The van der Waals surface area contributed by atoms with Crippen LogP contribution in [0.4, 0.5) is 0 Å². The lowest BCUT2D eigenvalue weighted by Crippen LogP contribution is -2.16. The number of H-pyrrole nitrogens is 1. The number of hydrogen-bond donors (Lipinski definition) is 2. The van der Waals surface area contributed by atoms with Crippen LogP contribution in [0, 0.1) is 0 Å². The van der Waals surface area contributed by atoms with Gasteiger partial charge in [0, 0.05) is 31.2 Å². The Bertz CT molecular complexity index is 610. The maximum Gasteiger partial charge on any atom is 0.105 e. The molecule has 2 aromatic heterocycles. The molecule has 92 valence electrons. The van der Waals surface area contributed by atoms with E-state index in [-0.39, 0.29) is 0 Å². The number of rotatable bonds is 5. The molecule has 18 heavy (non-hydrogen) atoms. The molecule has 0 spiro atoms. The van der Waals surface area contributed by atoms with Crippen molar-refractivity contribution in [2.24, 2.45) is 0 Å². The summed E-state index contributed by atoms with van der Waals surface area (Å²) in [4.78, 5) is 3.23. The van der Waals surface area contributed by atoms with Crippen molar-refractivity contribution in [3.8, 4) is 0 Å². The average Bonchev–Trinajstić information content (AvgIpc) is 3.05. The lowest BCUT2D eigenvalue weighted by atomic mass is 10.1. The van der Waals surface area contributed by atoms with Crippen molar-refractivity contribution in [3.05, 3.63) is 60.2 Å². The average molecular weight is 240 g/mol. The van der Waals surface area contributed by atoms with Crippen LogP contribution in [0.2, 0.25) is 0 Å². The molecule has 0 atom stereocenters. The molecular weight excluding hydrogens is 224 g/mol. The summed E-state index contributed by atoms with van der Waals surface area (Å²) in [7, 11) is 0. The van der Waals surface area contributed by atoms with Crippen LogP contribution in [0.1, 0.15) is 11.3 Å². The molecule has 3 aromatic rings. The Balaban J connectivity index is 1.53. The van der Waals surface area contributed by atoms with Crippen LogP contribution in [0.5, 0.6) is 0 Å². The first-order valence-electron chi connectivity index (χ1n) is 6.21. The van der Waals surface area contributed by atoms with Crippen molar-refractivity contribution in [1.82, 2.24) is 10.3 Å². The van der Waals surface area contributed by atoms with E-state index in [1.54, 1.807) is 6.26 Å². The Morgan fingerprint density at radius 1 is 1.17 bits per heavy atom. The number of aromatic amines is 1. The van der Waals surface area contributed by atoms with Gasteiger partial charge in [0.05, 0.1) is 6.26 Å². The highest BCUT2D eigenvalue weighted by Crippen LogP contribution is 2.13. The van der Waals surface area contributed by atoms with Gasteiger partial charge in [-0.25, -0.2) is 0 Å². The Kier molecular flexibility index (Phi) is 3.15. The van der Waals surface area contributed by atoms with Crippen LogP contribution >= 0.6 is 0 Å². The second-order valence-corrected chi connectivity index (χ2v) is 4.41. The quantitative estimate of drug-likeness (QED) is 0.673. The largest absolute Gasteiger partial charge is 0.469 e. The summed E-state index contributed by atoms with van der Waals surface area (Å²) in [5.41, 5.74) is 2.49. The van der Waals surface area contributed by atoms with Gasteiger partial charge < -0.3 is 14.7 Å². The third-order valence-corrected chi connectivity index (χ3v) is 3.08. The first-order valence-corrected chi connectivity index (χ1v) is 6.21. The molecule has 3 rings (SSSR count). The summed E-state index contributed by atoms with van der Waals surface area (Å²) in [5, 5.41) is 4.68. The summed E-state index contributed by atoms with van der Waals surface area (Å²) in [6, 6.07) is 12.5. The minimum absolute atomic E-state index is 0.885. The van der Waals surface area contributed by atoms with Crippen molar-refractivity contribution in [1.29, 1.82) is 0 Å². The van der Waals surface area contributed by atoms with Gasteiger partial charge in [-0.3, -0.25) is 0 Å². The molecule has 0 bridgehead atoms. The van der Waals surface area contributed by atoms with Crippen molar-refractivity contribution >= 4 is 10.9 Å². The van der Waals surface area contributed by atoms with E-state index in [0.717, 1.165) is 25.3 Å². The monoisotopic (exact) mass is 240 g/mol. The van der Waals surface area contributed by atoms with Gasteiger partial charge in [0.15, 0.2) is 0 Å². The van der Waals surface area contributed by atoms with Crippen LogP contribution in [0.3, 0.4) is 0 Å². The van der Waals surface area contributed by atoms with Crippen LogP contribution in [0.25, 0.3) is 10.9 Å². The summed E-state index contributed by atoms with van der Waals surface area (Å²) in [5.74, 6) is 1.03. The maximum absolute atomic E-state index is 5.29. The third kappa shape index (κ3) is 2.46. The summed E-state index contributed by atoms with van der Waals surface area (Å²) in [6.45, 7) is 1.81. The molecule has 0 aliphatic carbocycles. The van der Waals surface area contributed by atoms with E-state index in [9.17, 15) is 0 Å². The van der Waals surface area contributed by atoms with Gasteiger partial charge in [0.25, 0.3) is 0 Å². The summed E-state index contributed by atoms with van der Waals surface area (Å²) < 4.78 is 5.29. The standard InChI is InChI=1S/C15H16N2O/c1-2-14(18-9-1)6-7-16-11-12-3-4-13-5-8-17-15(13)10-12/h1-5,8-10,16-17H,6-7,11H2. The molecule has 0 aliphatic heterocycles. The van der Waals surface area contributed by atoms with Crippen LogP contribution in [0.15, 0.2) is 53.3 Å². The lowest BCUT2D eigenvalue weighted by Gasteiger charge is -2.04. The molecule has 3 nitrogen and oxygen atoms in total. The van der Waals surface area contributed by atoms with Crippen LogP contribution in [-0.4, -0.2) is 11.5 Å². The molecule has 3 heteroatoms. The van der Waals surface area contributed by atoms with E-state index in [2.05, 4.69) is 34.6 Å². The highest BCUT2D eigenvalue weighted by atomic mass is 16.3. The number of furan rings is 1. The predicted molar refractivity (Wildman–Crippen MR) is 72.4 cm³/mol. The van der Waals surface area contributed by atoms with E-state index in [0.29, 0.717) is 0 Å². The molecule has 0 saturated carbocycles. The number of aromatic nitrogens is 1. The predicted octanol–water partition coefficient (Wildman–Crippen LogP) is 3.09. The van der Waals surface area contributed by atoms with E-state index in [4.69, 9.17) is 4.42 Å². The fourth-order valence-corrected chi connectivity index (χ4v) is 2.10. The second kappa shape index (κ2) is 5.10. The normalized spacial score (nSPS) is 11.1. The van der Waals surface area contributed by atoms with E-state index in [1.807, 2.05) is 18.3 Å². The summed E-state index contributed by atoms with van der Waals surface area (Å²) >= 11 is 0. The van der Waals surface area contributed by atoms with Gasteiger partial charge in [-0.15, -0.1) is 0 Å². The van der Waals surface area contributed by atoms with Gasteiger partial charge in [0.2, 0.25) is 0 Å². The van der Waals surface area contributed by atoms with Crippen molar-refractivity contribution < 1.29 is 4.42 Å². The topological polar surface area (TPSA) is 41.0 Å². The lowest BCUT2D eigenvalue weighted by molar-refractivity contribution is 0.499. The minimum atomic E-state index is 0.885. The zero-order chi connectivity index (χ0) is 12.2. The first-order chi connectivity index (χ1) is 8.92. The smallest absolute Gasteiger partial charge is 0.105 e. The van der Waals surface area contributed by atoms with Gasteiger partial charge in [-0.05, 0) is 35.2 Å². The van der Waals surface area contributed by atoms with Crippen LogP contribution < -0.4 is 5.32 Å². The van der Waals surface area contributed by atoms with Crippen molar-refractivity contribution in [3.63, 3.8) is 0 Å². The molecule has 0 radical (unpaired) electrons. The van der Waals surface area contributed by atoms with Crippen molar-refractivity contribution in [2.75, 3.05) is 6.54 Å². The molecule has 1 aromatic carbocycles. The fraction of sp³-hybridized carbons (Fsp3) is 0.200. The van der Waals surface area contributed by atoms with E-state index >= 15 is 0 Å². The Morgan fingerprint density at radius 2 is 2.17 bits per heavy atom. The highest BCUT2D eigenvalue weighted by Gasteiger charge is 1.98. The first kappa shape index (κ1) is 11.1. The number of fused-ring (bicyclic) bond motifs is 1. The molecule has 0 amide bonds. The number of benzene rings is 1. The Labute approximate surface area is 106 Å². The third-order valence-electron chi connectivity index (χ3n) is 3.08. The maximum atomic E-state index is 5.29. The molecule has 0 saturated heterocycles.